The number of aromatic nitrogens is 2. The van der Waals surface area contributed by atoms with Gasteiger partial charge in [-0.25, -0.2) is 4.98 Å². The lowest BCUT2D eigenvalue weighted by atomic mass is 9.98. The number of para-hydroxylation sites is 1. The van der Waals surface area contributed by atoms with Gasteiger partial charge < -0.3 is 5.32 Å². The van der Waals surface area contributed by atoms with E-state index in [0.29, 0.717) is 21.1 Å². The molecule has 1 aliphatic rings. The fourth-order valence-electron chi connectivity index (χ4n) is 3.95. The van der Waals surface area contributed by atoms with Crippen molar-refractivity contribution >= 4 is 39.2 Å². The molecule has 6 nitrogen and oxygen atoms in total. The highest BCUT2D eigenvalue weighted by atomic mass is 32.2. The SMILES string of the molecule is CC(C#N)(NC(=O)CSc1nc2sc(-c3ccccc3)cc2c(=O)n1-c1ccccc1)C1CC1. The van der Waals surface area contributed by atoms with Crippen molar-refractivity contribution in [2.75, 3.05) is 5.75 Å². The summed E-state index contributed by atoms with van der Waals surface area (Å²) in [6, 6.07) is 23.4. The predicted octanol–water partition coefficient (Wildman–Crippen LogP) is 5.01. The summed E-state index contributed by atoms with van der Waals surface area (Å²) < 4.78 is 1.56. The van der Waals surface area contributed by atoms with Gasteiger partial charge in [0.1, 0.15) is 10.4 Å². The van der Waals surface area contributed by atoms with Crippen LogP contribution >= 0.6 is 23.1 Å². The van der Waals surface area contributed by atoms with E-state index in [1.807, 2.05) is 66.7 Å². The van der Waals surface area contributed by atoms with E-state index in [2.05, 4.69) is 11.4 Å². The number of thiophene rings is 1. The lowest BCUT2D eigenvalue weighted by Gasteiger charge is -2.22. The van der Waals surface area contributed by atoms with Gasteiger partial charge in [-0.1, -0.05) is 60.3 Å². The third kappa shape index (κ3) is 4.37. The molecule has 2 aromatic carbocycles. The van der Waals surface area contributed by atoms with E-state index in [1.54, 1.807) is 11.5 Å². The molecule has 1 saturated carbocycles. The van der Waals surface area contributed by atoms with Gasteiger partial charge in [-0.2, -0.15) is 5.26 Å². The summed E-state index contributed by atoms with van der Waals surface area (Å²) in [6.45, 7) is 1.77. The Kier molecular flexibility index (Phi) is 5.98. The third-order valence-electron chi connectivity index (χ3n) is 5.96. The molecular weight excluding hydrogens is 464 g/mol. The Labute approximate surface area is 205 Å². The lowest BCUT2D eigenvalue weighted by Crippen LogP contribution is -2.47. The molecule has 5 rings (SSSR count). The first-order valence-corrected chi connectivity index (χ1v) is 12.8. The van der Waals surface area contributed by atoms with Crippen molar-refractivity contribution in [2.45, 2.75) is 30.5 Å². The first-order valence-electron chi connectivity index (χ1n) is 11.0. The Morgan fingerprint density at radius 3 is 2.53 bits per heavy atom. The van der Waals surface area contributed by atoms with E-state index in [4.69, 9.17) is 4.98 Å². The van der Waals surface area contributed by atoms with Crippen LogP contribution in [-0.2, 0) is 4.79 Å². The molecule has 0 bridgehead atoms. The first-order chi connectivity index (χ1) is 16.5. The van der Waals surface area contributed by atoms with Gasteiger partial charge >= 0.3 is 0 Å². The van der Waals surface area contributed by atoms with Gasteiger partial charge in [0.15, 0.2) is 5.16 Å². The van der Waals surface area contributed by atoms with Crippen LogP contribution in [0.4, 0.5) is 0 Å². The first kappa shape index (κ1) is 22.4. The predicted molar refractivity (Wildman–Crippen MR) is 136 cm³/mol. The van der Waals surface area contributed by atoms with Crippen LogP contribution in [0.15, 0.2) is 76.7 Å². The summed E-state index contributed by atoms with van der Waals surface area (Å²) in [5, 5.41) is 13.4. The van der Waals surface area contributed by atoms with E-state index < -0.39 is 5.54 Å². The number of carbonyl (C=O) groups excluding carboxylic acids is 1. The number of benzene rings is 2. The van der Waals surface area contributed by atoms with Gasteiger partial charge in [0.25, 0.3) is 5.56 Å². The highest BCUT2D eigenvalue weighted by Gasteiger charge is 2.43. The van der Waals surface area contributed by atoms with Crippen LogP contribution in [0, 0.1) is 17.2 Å². The van der Waals surface area contributed by atoms with Crippen LogP contribution in [-0.4, -0.2) is 26.8 Å². The topological polar surface area (TPSA) is 87.8 Å². The molecule has 1 N–H and O–H groups in total. The Bertz CT molecular complexity index is 1450. The minimum atomic E-state index is -0.855. The fourth-order valence-corrected chi connectivity index (χ4v) is 5.84. The zero-order valence-electron chi connectivity index (χ0n) is 18.5. The van der Waals surface area contributed by atoms with Crippen molar-refractivity contribution in [1.82, 2.24) is 14.9 Å². The summed E-state index contributed by atoms with van der Waals surface area (Å²) in [6.07, 6.45) is 1.90. The van der Waals surface area contributed by atoms with Crippen LogP contribution in [0.25, 0.3) is 26.3 Å². The van der Waals surface area contributed by atoms with Gasteiger partial charge in [-0.15, -0.1) is 11.3 Å². The molecule has 0 spiro atoms. The van der Waals surface area contributed by atoms with Gasteiger partial charge in [-0.3, -0.25) is 14.2 Å². The molecule has 1 unspecified atom stereocenters. The normalized spacial score (nSPS) is 14.9. The van der Waals surface area contributed by atoms with Crippen LogP contribution in [0.3, 0.4) is 0 Å². The maximum Gasteiger partial charge on any atom is 0.267 e. The zero-order chi connectivity index (χ0) is 23.7. The van der Waals surface area contributed by atoms with Crippen LogP contribution < -0.4 is 10.9 Å². The van der Waals surface area contributed by atoms with Crippen LogP contribution in [0.5, 0.6) is 0 Å². The monoisotopic (exact) mass is 486 g/mol. The molecular formula is C26H22N4O2S2. The van der Waals surface area contributed by atoms with E-state index in [9.17, 15) is 14.9 Å². The summed E-state index contributed by atoms with van der Waals surface area (Å²) in [5.74, 6) is 0.0168. The average Bonchev–Trinajstić information content (AvgIpc) is 3.64. The summed E-state index contributed by atoms with van der Waals surface area (Å²) in [7, 11) is 0. The second kappa shape index (κ2) is 9.09. The Morgan fingerprint density at radius 1 is 1.21 bits per heavy atom. The molecule has 1 aliphatic carbocycles. The number of hydrogen-bond acceptors (Lipinski definition) is 6. The largest absolute Gasteiger partial charge is 0.337 e. The van der Waals surface area contributed by atoms with Crippen molar-refractivity contribution in [3.63, 3.8) is 0 Å². The fraction of sp³-hybridized carbons (Fsp3) is 0.231. The quantitative estimate of drug-likeness (QED) is 0.293. The standard InChI is InChI=1S/C26H22N4O2S2/c1-26(16-27,18-12-13-18)29-22(31)15-33-25-28-23-20(14-21(34-23)17-8-4-2-5-9-17)24(32)30(25)19-10-6-3-7-11-19/h2-11,14,18H,12-13,15H2,1H3,(H,29,31). The van der Waals surface area contributed by atoms with Gasteiger partial charge in [-0.05, 0) is 49.4 Å². The highest BCUT2D eigenvalue weighted by Crippen LogP contribution is 2.39. The Balaban J connectivity index is 1.51. The maximum absolute atomic E-state index is 13.6. The van der Waals surface area contributed by atoms with Crippen molar-refractivity contribution in [1.29, 1.82) is 5.26 Å². The number of nitrogens with zero attached hydrogens (tertiary/aromatic N) is 3. The highest BCUT2D eigenvalue weighted by molar-refractivity contribution is 7.99. The lowest BCUT2D eigenvalue weighted by molar-refractivity contribution is -0.119. The van der Waals surface area contributed by atoms with Crippen LogP contribution in [0.2, 0.25) is 0 Å². The van der Waals surface area contributed by atoms with Gasteiger partial charge in [0.05, 0.1) is 22.9 Å². The van der Waals surface area contributed by atoms with E-state index in [1.165, 1.54) is 23.1 Å². The number of hydrogen-bond donors (Lipinski definition) is 1. The maximum atomic E-state index is 13.6. The molecule has 170 valence electrons. The van der Waals surface area contributed by atoms with Gasteiger partial charge in [0, 0.05) is 4.88 Å². The van der Waals surface area contributed by atoms with Crippen molar-refractivity contribution in [2.24, 2.45) is 5.92 Å². The van der Waals surface area contributed by atoms with Crippen molar-refractivity contribution in [3.05, 3.63) is 77.1 Å². The molecule has 2 heterocycles. The number of nitrogens with one attached hydrogen (secondary N) is 1. The summed E-state index contributed by atoms with van der Waals surface area (Å²) >= 11 is 2.67. The smallest absolute Gasteiger partial charge is 0.267 e. The number of carbonyl (C=O) groups is 1. The average molecular weight is 487 g/mol. The van der Waals surface area contributed by atoms with Crippen LogP contribution in [0.1, 0.15) is 19.8 Å². The number of fused-ring (bicyclic) bond motifs is 1. The van der Waals surface area contributed by atoms with E-state index in [-0.39, 0.29) is 23.1 Å². The molecule has 1 fully saturated rings. The molecule has 8 heteroatoms. The second-order valence-electron chi connectivity index (χ2n) is 8.49. The van der Waals surface area contributed by atoms with Crippen molar-refractivity contribution < 1.29 is 4.79 Å². The number of rotatable bonds is 7. The summed E-state index contributed by atoms with van der Waals surface area (Å²) in [5.41, 5.74) is 0.696. The molecule has 0 radical (unpaired) electrons. The molecule has 0 aliphatic heterocycles. The van der Waals surface area contributed by atoms with E-state index >= 15 is 0 Å². The van der Waals surface area contributed by atoms with E-state index in [0.717, 1.165) is 23.3 Å². The Hall–Kier alpha value is -3.41. The number of nitriles is 1. The minimum Gasteiger partial charge on any atom is -0.337 e. The Morgan fingerprint density at radius 2 is 1.88 bits per heavy atom. The molecule has 4 aromatic rings. The molecule has 34 heavy (non-hydrogen) atoms. The van der Waals surface area contributed by atoms with Crippen molar-refractivity contribution in [3.8, 4) is 22.2 Å². The third-order valence-corrected chi connectivity index (χ3v) is 7.98. The number of amides is 1. The number of thioether (sulfide) groups is 1. The zero-order valence-corrected chi connectivity index (χ0v) is 20.2. The minimum absolute atomic E-state index is 0.0612. The molecule has 2 aromatic heterocycles. The molecule has 1 amide bonds. The second-order valence-corrected chi connectivity index (χ2v) is 10.5. The summed E-state index contributed by atoms with van der Waals surface area (Å²) in [4.78, 5) is 32.7. The molecule has 0 saturated heterocycles. The molecule has 1 atom stereocenters. The van der Waals surface area contributed by atoms with Gasteiger partial charge in [0.2, 0.25) is 5.91 Å².